The molecule has 0 aromatic rings. The number of hydrogen-bond acceptors (Lipinski definition) is 29. The average Bonchev–Trinajstić information content (AvgIpc) is 1.74. The Hall–Kier alpha value is -12.1. The summed E-state index contributed by atoms with van der Waals surface area (Å²) >= 11 is 0. The summed E-state index contributed by atoms with van der Waals surface area (Å²) in [5, 5.41) is 97.2. The van der Waals surface area contributed by atoms with Crippen LogP contribution in [0.25, 0.3) is 0 Å². The highest BCUT2D eigenvalue weighted by Crippen LogP contribution is 2.22. The number of hydrogen-bond donors (Lipinski definition) is 30. The zero-order valence-electron chi connectivity index (χ0n) is 77.3. The minimum absolute atomic E-state index is 0.00777. The van der Waals surface area contributed by atoms with Gasteiger partial charge in [0.15, 0.2) is 12.0 Å². The molecule has 52 heteroatoms. The van der Waals surface area contributed by atoms with E-state index in [2.05, 4.69) is 79.8 Å². The monoisotopic (exact) mass is 1900 g/mol. The normalized spacial score (nSPS) is 16.7. The van der Waals surface area contributed by atoms with Gasteiger partial charge in [-0.2, -0.15) is 0 Å². The predicted octanol–water partition coefficient (Wildman–Crippen LogP) is -11.8. The third-order valence-electron chi connectivity index (χ3n) is 21.0. The third kappa shape index (κ3) is 44.8. The molecule has 0 aromatic carbocycles. The Morgan fingerprint density at radius 1 is 0.361 bits per heavy atom. The number of likely N-dealkylation sites (tertiary alicyclic amines) is 1. The van der Waals surface area contributed by atoms with Gasteiger partial charge >= 0.3 is 5.97 Å². The number of nitrogens with zero attached hydrogens (tertiary/aromatic N) is 1. The lowest BCUT2D eigenvalue weighted by atomic mass is 9.98. The van der Waals surface area contributed by atoms with E-state index in [1.54, 1.807) is 27.7 Å². The van der Waals surface area contributed by atoms with Crippen LogP contribution in [-0.4, -0.2) is 314 Å². The molecule has 1 aliphatic heterocycles. The highest BCUT2D eigenvalue weighted by atomic mass is 16.4. The first kappa shape index (κ1) is 119. The van der Waals surface area contributed by atoms with Gasteiger partial charge in [0, 0.05) is 38.8 Å². The van der Waals surface area contributed by atoms with E-state index < -0.39 is 302 Å². The Kier molecular flexibility index (Phi) is 54.4. The highest BCUT2D eigenvalue weighted by molar-refractivity contribution is 6.02. The van der Waals surface area contributed by atoms with E-state index in [9.17, 15) is 126 Å². The van der Waals surface area contributed by atoms with E-state index in [0.717, 1.165) is 20.8 Å². The summed E-state index contributed by atoms with van der Waals surface area (Å²) in [6.45, 7) is 14.7. The standard InChI is InChI=1S/C81H144N26O26/c1-37(2)34-52(73(125)101-53(35-38(3)4)79(131)107-33-17-21-55(107)75(127)93-40(7)64(116)92-41(8)65(117)102-54(36-108)74(126)106-63(44(11)111)80(132)133)100-77(129)61(42(9)109)105-76(128)60(39(5)6)103-78(130)62(43(10)110)104-72(124)51(25-29-59(88)115)99-71(123)50(24-28-58(87)114)97-68(120)47(19-13-15-31-83)95-67(119)46(18-12-14-30-82)96-70(122)49(23-27-57(86)113)98-69(121)48(20-16-32-91-81(89)90)94-66(118)45(84)22-26-56(85)112/h37-55,60-63,108-111H,12-36,82-84H2,1-11H3,(H2,85,112)(H2,86,113)(H2,87,114)(H2,88,115)(H,92,116)(H,93,127)(H,94,118)(H,95,119)(H,96,122)(H,97,120)(H,98,121)(H,99,123)(H,100,129)(H,101,125)(H,102,117)(H,103,130)(H,104,124)(H,105,128)(H,106,126)(H,132,133)(H4,89,90,91)/t40-,41-,42+,43+,44+,45-,46-,47-,48-,49-,50-,51-,52-,53-,54-,55-,60-,61-,62-,63-/m0/s1. The van der Waals surface area contributed by atoms with Crippen LogP contribution in [0.4, 0.5) is 0 Å². The van der Waals surface area contributed by atoms with Crippen LogP contribution in [0.3, 0.4) is 0 Å². The number of amides is 20. The molecule has 133 heavy (non-hydrogen) atoms. The number of rotatable bonds is 65. The number of aliphatic carboxylic acids is 1. The molecular weight excluding hydrogens is 1750 g/mol. The number of carboxylic acid groups (broad SMARTS) is 1. The van der Waals surface area contributed by atoms with Crippen molar-refractivity contribution in [3.63, 3.8) is 0 Å². The molecule has 0 radical (unpaired) electrons. The van der Waals surface area contributed by atoms with E-state index in [4.69, 9.17) is 51.3 Å². The SMILES string of the molecule is CC(C)C[C@H](NC(=O)[C@@H](NC(=O)[C@@H](NC(=O)[C@@H](NC(=O)[C@H](CCC(N)=O)NC(=O)[C@H](CCC(N)=O)NC(=O)[C@H](CCCCN)NC(=O)[C@H](CCCCN)NC(=O)[C@H](CCC(N)=O)NC(=O)[C@H](CCCNC(=N)N)NC(=O)[C@@H](N)CCC(N)=O)[C@@H](C)O)C(C)C)[C@@H](C)O)C(=O)N[C@@H](CC(C)C)C(=O)N1CCC[C@H]1C(=O)N[C@@H](C)C(=O)N[C@@H](C)C(=O)N[C@@H](CO)C(=O)N[C@H](C(=O)O)[C@@H](C)O. The molecule has 20 atom stereocenters. The lowest BCUT2D eigenvalue weighted by Gasteiger charge is -2.32. The Balaban J connectivity index is 3.64. The number of carbonyl (C=O) groups excluding carboxylic acids is 20. The first-order valence-corrected chi connectivity index (χ1v) is 44.2. The lowest BCUT2D eigenvalue weighted by Crippen LogP contribution is -2.63. The topological polar surface area (TPSA) is 887 Å². The molecular formula is C81H144N26O26. The largest absolute Gasteiger partial charge is 0.480 e. The number of primary amides is 4. The number of unbranched alkanes of at least 4 members (excludes halogenated alkanes) is 2. The molecule has 1 heterocycles. The zero-order valence-corrected chi connectivity index (χ0v) is 77.3. The first-order valence-electron chi connectivity index (χ1n) is 44.2. The maximum atomic E-state index is 14.6. The molecule has 0 aliphatic carbocycles. The summed E-state index contributed by atoms with van der Waals surface area (Å²) in [6, 6.07) is -27.3. The second-order valence-corrected chi connectivity index (χ2v) is 34.1. The Morgan fingerprint density at radius 3 is 1.07 bits per heavy atom. The van der Waals surface area contributed by atoms with Crippen LogP contribution in [-0.2, 0) is 101 Å². The van der Waals surface area contributed by atoms with Crippen molar-refractivity contribution in [1.82, 2.24) is 90.0 Å². The Bertz CT molecular complexity index is 3970. The molecule has 0 unspecified atom stereocenters. The second-order valence-electron chi connectivity index (χ2n) is 34.1. The summed E-state index contributed by atoms with van der Waals surface area (Å²) in [4.78, 5) is 286. The number of nitrogens with two attached hydrogens (primary N) is 8. The summed E-state index contributed by atoms with van der Waals surface area (Å²) in [5.41, 5.74) is 44.6. The van der Waals surface area contributed by atoms with Crippen molar-refractivity contribution >= 4 is 130 Å². The minimum Gasteiger partial charge on any atom is -0.480 e. The summed E-state index contributed by atoms with van der Waals surface area (Å²) < 4.78 is 0. The second kappa shape index (κ2) is 60.8. The Labute approximate surface area is 770 Å². The maximum Gasteiger partial charge on any atom is 0.328 e. The zero-order chi connectivity index (χ0) is 102. The van der Waals surface area contributed by atoms with Gasteiger partial charge in [0.25, 0.3) is 0 Å². The quantitative estimate of drug-likeness (QED) is 0.0153. The van der Waals surface area contributed by atoms with Crippen molar-refractivity contribution < 1.29 is 126 Å². The number of carbonyl (C=O) groups is 21. The fourth-order valence-corrected chi connectivity index (χ4v) is 13.5. The maximum absolute atomic E-state index is 14.6. The summed E-state index contributed by atoms with van der Waals surface area (Å²) in [6.07, 6.45) is -8.55. The molecule has 20 amide bonds. The molecule has 1 aliphatic rings. The fourth-order valence-electron chi connectivity index (χ4n) is 13.5. The molecule has 0 saturated carbocycles. The molecule has 1 saturated heterocycles. The van der Waals surface area contributed by atoms with Gasteiger partial charge in [-0.15, -0.1) is 0 Å². The van der Waals surface area contributed by atoms with Crippen molar-refractivity contribution in [2.24, 2.45) is 63.6 Å². The van der Waals surface area contributed by atoms with E-state index in [-0.39, 0.29) is 128 Å². The Morgan fingerprint density at radius 2 is 0.677 bits per heavy atom. The third-order valence-corrected chi connectivity index (χ3v) is 21.0. The molecule has 754 valence electrons. The molecule has 0 aromatic heterocycles. The average molecular weight is 1900 g/mol. The van der Waals surface area contributed by atoms with Crippen LogP contribution >= 0.6 is 0 Å². The van der Waals surface area contributed by atoms with Crippen LogP contribution in [0.15, 0.2) is 0 Å². The van der Waals surface area contributed by atoms with Crippen molar-refractivity contribution in [3.05, 3.63) is 0 Å². The van der Waals surface area contributed by atoms with Gasteiger partial charge in [-0.1, -0.05) is 41.5 Å². The van der Waals surface area contributed by atoms with Crippen LogP contribution in [0.2, 0.25) is 0 Å². The van der Waals surface area contributed by atoms with Gasteiger partial charge in [0.2, 0.25) is 118 Å². The van der Waals surface area contributed by atoms with Crippen LogP contribution < -0.4 is 131 Å². The number of nitrogens with one attached hydrogen (secondary N) is 17. The van der Waals surface area contributed by atoms with Crippen molar-refractivity contribution in [2.75, 3.05) is 32.8 Å². The number of aliphatic hydroxyl groups is 4. The van der Waals surface area contributed by atoms with E-state index in [0.29, 0.717) is 0 Å². The lowest BCUT2D eigenvalue weighted by molar-refractivity contribution is -0.145. The van der Waals surface area contributed by atoms with E-state index in [1.807, 2.05) is 5.32 Å². The summed E-state index contributed by atoms with van der Waals surface area (Å²) in [5.74, 6) is -24.0. The first-order chi connectivity index (χ1) is 62.1. The smallest absolute Gasteiger partial charge is 0.328 e. The van der Waals surface area contributed by atoms with Gasteiger partial charge in [-0.05, 0) is 168 Å². The fraction of sp³-hybridized carbons (Fsp3) is 0.728. The van der Waals surface area contributed by atoms with Gasteiger partial charge in [-0.25, -0.2) is 4.79 Å². The van der Waals surface area contributed by atoms with E-state index >= 15 is 0 Å². The van der Waals surface area contributed by atoms with Crippen LogP contribution in [0, 0.1) is 23.2 Å². The van der Waals surface area contributed by atoms with Gasteiger partial charge in [0.1, 0.15) is 90.6 Å². The van der Waals surface area contributed by atoms with Crippen LogP contribution in [0.1, 0.15) is 205 Å². The number of carboxylic acids is 1. The summed E-state index contributed by atoms with van der Waals surface area (Å²) in [7, 11) is 0. The van der Waals surface area contributed by atoms with Crippen LogP contribution in [0.5, 0.6) is 0 Å². The van der Waals surface area contributed by atoms with Gasteiger partial charge in [0.05, 0.1) is 31.0 Å². The molecule has 38 N–H and O–H groups in total. The molecule has 52 nitrogen and oxygen atoms in total. The van der Waals surface area contributed by atoms with Crippen molar-refractivity contribution in [2.45, 2.75) is 326 Å². The van der Waals surface area contributed by atoms with Crippen molar-refractivity contribution in [1.29, 1.82) is 5.41 Å². The minimum atomic E-state index is -2.04. The molecule has 1 rings (SSSR count). The predicted molar refractivity (Wildman–Crippen MR) is 475 cm³/mol. The van der Waals surface area contributed by atoms with E-state index in [1.165, 1.54) is 32.6 Å². The molecule has 0 bridgehead atoms. The van der Waals surface area contributed by atoms with Gasteiger partial charge in [-0.3, -0.25) is 101 Å². The van der Waals surface area contributed by atoms with Crippen molar-refractivity contribution in [3.8, 4) is 0 Å². The van der Waals surface area contributed by atoms with Gasteiger partial charge < -0.3 is 161 Å². The number of aliphatic hydroxyl groups excluding tert-OH is 4. The number of guanidine groups is 1. The highest BCUT2D eigenvalue weighted by Gasteiger charge is 2.43. The molecule has 1 fully saturated rings. The molecule has 0 spiro atoms.